The van der Waals surface area contributed by atoms with Crippen LogP contribution in [-0.2, 0) is 32.8 Å². The SMILES string of the molecule is O=C1CCC(N2Cc3cc(C4CCN(CCc5ccc(-c6cnc7[nH]cc(C(=O)c8c(F)ccc(NS(=O)(=O)N9CC[C@@H](F)C9)c8F)c7c6)cc5)CC4)ccc3C2=O)C(=O)N1. The smallest absolute Gasteiger partial charge is 0.301 e. The number of piperidine rings is 2. The number of rotatable bonds is 11. The zero-order chi connectivity index (χ0) is 42.6. The number of imide groups is 1. The Morgan fingerprint density at radius 1 is 0.918 bits per heavy atom. The molecule has 3 aromatic carbocycles. The van der Waals surface area contributed by atoms with Crippen molar-refractivity contribution in [2.24, 2.45) is 0 Å². The molecule has 1 unspecified atom stereocenters. The van der Waals surface area contributed by atoms with Crippen LogP contribution in [0, 0.1) is 11.6 Å². The first-order valence-corrected chi connectivity index (χ1v) is 21.8. The Labute approximate surface area is 349 Å². The number of alkyl halides is 1. The highest BCUT2D eigenvalue weighted by Crippen LogP contribution is 2.35. The van der Waals surface area contributed by atoms with Gasteiger partial charge in [0.2, 0.25) is 17.6 Å². The third-order valence-corrected chi connectivity index (χ3v) is 13.9. The van der Waals surface area contributed by atoms with Crippen LogP contribution in [0.3, 0.4) is 0 Å². The van der Waals surface area contributed by atoms with Crippen LogP contribution in [-0.4, -0.2) is 101 Å². The second-order valence-electron chi connectivity index (χ2n) is 16.2. The summed E-state index contributed by atoms with van der Waals surface area (Å²) >= 11 is 0. The van der Waals surface area contributed by atoms with Gasteiger partial charge < -0.3 is 14.8 Å². The molecule has 61 heavy (non-hydrogen) atoms. The molecule has 9 rings (SSSR count). The van der Waals surface area contributed by atoms with Gasteiger partial charge in [0.15, 0.2) is 5.82 Å². The van der Waals surface area contributed by atoms with Gasteiger partial charge in [-0.25, -0.2) is 18.2 Å². The van der Waals surface area contributed by atoms with Crippen molar-refractivity contribution in [3.05, 3.63) is 118 Å². The van der Waals surface area contributed by atoms with E-state index in [2.05, 4.69) is 26.3 Å². The zero-order valence-corrected chi connectivity index (χ0v) is 33.7. The number of halogens is 3. The van der Waals surface area contributed by atoms with E-state index in [9.17, 15) is 32.0 Å². The molecule has 2 aromatic heterocycles. The van der Waals surface area contributed by atoms with Gasteiger partial charge in [-0.05, 0) is 97.6 Å². The number of anilines is 1. The lowest BCUT2D eigenvalue weighted by molar-refractivity contribution is -0.136. The summed E-state index contributed by atoms with van der Waals surface area (Å²) in [6.07, 6.45) is 4.94. The number of ketones is 1. The van der Waals surface area contributed by atoms with Crippen molar-refractivity contribution in [3.63, 3.8) is 0 Å². The van der Waals surface area contributed by atoms with E-state index >= 15 is 8.78 Å². The van der Waals surface area contributed by atoms with Crippen LogP contribution in [0.4, 0.5) is 18.9 Å². The van der Waals surface area contributed by atoms with Crippen LogP contribution >= 0.6 is 0 Å². The van der Waals surface area contributed by atoms with Crippen molar-refractivity contribution >= 4 is 50.4 Å². The summed E-state index contributed by atoms with van der Waals surface area (Å²) in [7, 11) is -4.35. The van der Waals surface area contributed by atoms with Gasteiger partial charge >= 0.3 is 10.2 Å². The van der Waals surface area contributed by atoms with Gasteiger partial charge in [0.05, 0.1) is 11.3 Å². The summed E-state index contributed by atoms with van der Waals surface area (Å²) < 4.78 is 72.9. The summed E-state index contributed by atoms with van der Waals surface area (Å²) in [5.74, 6) is -4.09. The first-order chi connectivity index (χ1) is 29.3. The highest BCUT2D eigenvalue weighted by molar-refractivity contribution is 7.90. The Morgan fingerprint density at radius 2 is 1.70 bits per heavy atom. The number of likely N-dealkylation sites (tertiary alicyclic amines) is 1. The summed E-state index contributed by atoms with van der Waals surface area (Å²) in [5.41, 5.74) is 4.07. The van der Waals surface area contributed by atoms with Crippen molar-refractivity contribution in [3.8, 4) is 11.1 Å². The van der Waals surface area contributed by atoms with Crippen molar-refractivity contribution in [1.29, 1.82) is 0 Å². The number of amides is 3. The Balaban J connectivity index is 0.815. The van der Waals surface area contributed by atoms with E-state index in [1.807, 2.05) is 41.1 Å². The Morgan fingerprint density at radius 3 is 2.44 bits per heavy atom. The van der Waals surface area contributed by atoms with Gasteiger partial charge in [-0.3, -0.25) is 29.2 Å². The average molecular weight is 854 g/mol. The molecule has 0 bridgehead atoms. The summed E-state index contributed by atoms with van der Waals surface area (Å²) in [4.78, 5) is 62.2. The molecule has 3 saturated heterocycles. The Kier molecular flexibility index (Phi) is 10.7. The molecule has 3 amide bonds. The second kappa shape index (κ2) is 16.2. The number of H-pyrrole nitrogens is 1. The predicted molar refractivity (Wildman–Crippen MR) is 220 cm³/mol. The molecule has 5 aromatic rings. The minimum Gasteiger partial charge on any atom is -0.345 e. The van der Waals surface area contributed by atoms with Gasteiger partial charge in [0, 0.05) is 67.1 Å². The van der Waals surface area contributed by atoms with Gasteiger partial charge in [-0.2, -0.15) is 12.7 Å². The maximum Gasteiger partial charge on any atom is 0.301 e. The number of nitrogens with zero attached hydrogens (tertiary/aromatic N) is 4. The highest BCUT2D eigenvalue weighted by Gasteiger charge is 2.39. The van der Waals surface area contributed by atoms with E-state index in [-0.39, 0.29) is 43.3 Å². The molecule has 2 atom stereocenters. The third kappa shape index (κ3) is 7.92. The van der Waals surface area contributed by atoms with Crippen LogP contribution in [0.2, 0.25) is 0 Å². The van der Waals surface area contributed by atoms with Gasteiger partial charge in [-0.1, -0.05) is 36.4 Å². The fraction of sp³-hybridized carbons (Fsp3) is 0.341. The Bertz CT molecular complexity index is 2700. The molecule has 17 heteroatoms. The Hall–Kier alpha value is -5.91. The molecule has 0 aliphatic carbocycles. The third-order valence-electron chi connectivity index (χ3n) is 12.4. The summed E-state index contributed by atoms with van der Waals surface area (Å²) in [6, 6.07) is 16.8. The quantitative estimate of drug-likeness (QED) is 0.114. The minimum atomic E-state index is -4.35. The van der Waals surface area contributed by atoms with E-state index in [4.69, 9.17) is 0 Å². The van der Waals surface area contributed by atoms with Crippen molar-refractivity contribution in [1.82, 2.24) is 29.4 Å². The lowest BCUT2D eigenvalue weighted by Crippen LogP contribution is -2.52. The van der Waals surface area contributed by atoms with Crippen LogP contribution in [0.5, 0.6) is 0 Å². The first-order valence-electron chi connectivity index (χ1n) is 20.3. The highest BCUT2D eigenvalue weighted by atomic mass is 32.2. The van der Waals surface area contributed by atoms with E-state index in [1.165, 1.54) is 11.8 Å². The predicted octanol–water partition coefficient (Wildman–Crippen LogP) is 5.62. The maximum absolute atomic E-state index is 15.7. The number of carbonyl (C=O) groups is 4. The van der Waals surface area contributed by atoms with Crippen LogP contribution in [0.1, 0.15) is 81.0 Å². The number of fused-ring (bicyclic) bond motifs is 2. The number of carbonyl (C=O) groups excluding carboxylic acids is 4. The van der Waals surface area contributed by atoms with Crippen molar-refractivity contribution in [2.45, 2.75) is 63.2 Å². The lowest BCUT2D eigenvalue weighted by atomic mass is 9.88. The van der Waals surface area contributed by atoms with E-state index in [1.54, 1.807) is 17.2 Å². The number of nitrogens with one attached hydrogen (secondary N) is 3. The summed E-state index contributed by atoms with van der Waals surface area (Å²) in [5, 5.41) is 2.68. The molecule has 6 heterocycles. The molecule has 0 saturated carbocycles. The molecule has 3 fully saturated rings. The molecule has 4 aliphatic heterocycles. The average Bonchev–Trinajstić information content (AvgIpc) is 3.98. The fourth-order valence-corrected chi connectivity index (χ4v) is 10.2. The number of benzene rings is 3. The molecule has 13 nitrogen and oxygen atoms in total. The standard InChI is InChI=1S/C44H42F3N7O6S/c45-31-14-18-53(24-31)61(59,60)51-36-8-7-35(46)39(40(36)47)41(56)34-22-49-42-33(34)20-29(21-48-42)26-3-1-25(2-4-26)11-15-52-16-12-27(13-17-52)28-5-6-32-30(19-28)23-54(44(32)58)37-9-10-38(55)50-43(37)57/h1-8,19-22,27,31,37,51H,9-18,23-24H2,(H,48,49)(H,50,55,57)/t31-,37?/m1/s1. The van der Waals surface area contributed by atoms with E-state index in [0.29, 0.717) is 41.0 Å². The summed E-state index contributed by atoms with van der Waals surface area (Å²) in [6.45, 7) is 2.61. The van der Waals surface area contributed by atoms with E-state index in [0.717, 1.165) is 72.0 Å². The molecular formula is C44H42F3N7O6S. The topological polar surface area (TPSA) is 165 Å². The van der Waals surface area contributed by atoms with Gasteiger partial charge in [0.1, 0.15) is 23.7 Å². The van der Waals surface area contributed by atoms with E-state index < -0.39 is 57.0 Å². The molecule has 316 valence electrons. The monoisotopic (exact) mass is 853 g/mol. The number of aromatic nitrogens is 2. The van der Waals surface area contributed by atoms with Crippen molar-refractivity contribution < 1.29 is 40.8 Å². The first kappa shape index (κ1) is 40.5. The lowest BCUT2D eigenvalue weighted by Gasteiger charge is -2.32. The number of hydrogen-bond acceptors (Lipinski definition) is 8. The number of aromatic amines is 1. The molecule has 0 radical (unpaired) electrons. The molecule has 0 spiro atoms. The molecular weight excluding hydrogens is 812 g/mol. The maximum atomic E-state index is 15.7. The normalized spacial score (nSPS) is 20.4. The van der Waals surface area contributed by atoms with Crippen LogP contribution in [0.25, 0.3) is 22.2 Å². The largest absolute Gasteiger partial charge is 0.345 e. The second-order valence-corrected chi connectivity index (χ2v) is 17.8. The molecule has 4 aliphatic rings. The fourth-order valence-electron chi connectivity index (χ4n) is 8.92. The number of pyridine rings is 1. The van der Waals surface area contributed by atoms with Crippen LogP contribution < -0.4 is 10.0 Å². The van der Waals surface area contributed by atoms with Gasteiger partial charge in [0.25, 0.3) is 5.91 Å². The van der Waals surface area contributed by atoms with Crippen LogP contribution in [0.15, 0.2) is 73.1 Å². The zero-order valence-electron chi connectivity index (χ0n) is 32.9. The minimum absolute atomic E-state index is 0.00168. The molecule has 3 N–H and O–H groups in total. The van der Waals surface area contributed by atoms with Gasteiger partial charge in [-0.15, -0.1) is 0 Å². The van der Waals surface area contributed by atoms with Crippen molar-refractivity contribution in [2.75, 3.05) is 37.4 Å². The number of hydrogen-bond donors (Lipinski definition) is 3.